The highest BCUT2D eigenvalue weighted by atomic mass is 35.5. The maximum Gasteiger partial charge on any atom is 0.255 e. The minimum absolute atomic E-state index is 0.0196. The third-order valence-corrected chi connectivity index (χ3v) is 9.94. The molecule has 4 aromatic rings. The molecule has 11 nitrogen and oxygen atoms in total. The Morgan fingerprint density at radius 2 is 1.80 bits per heavy atom. The van der Waals surface area contributed by atoms with Gasteiger partial charge in [0, 0.05) is 54.2 Å². The number of hydrogen-bond donors (Lipinski definition) is 2. The highest BCUT2D eigenvalue weighted by molar-refractivity contribution is 6.42. The number of halogens is 4. The third-order valence-electron chi connectivity index (χ3n) is 9.16. The number of fused-ring (bicyclic) bond motifs is 2. The zero-order chi connectivity index (χ0) is 34.4. The molecular formula is C34H30Cl2F2N6O5. The van der Waals surface area contributed by atoms with Crippen molar-refractivity contribution < 1.29 is 32.6 Å². The lowest BCUT2D eigenvalue weighted by atomic mass is 10.0. The van der Waals surface area contributed by atoms with Crippen molar-refractivity contribution in [2.24, 2.45) is 0 Å². The molecule has 2 N–H and O–H groups in total. The van der Waals surface area contributed by atoms with E-state index in [1.807, 2.05) is 0 Å². The number of piperidine rings is 2. The van der Waals surface area contributed by atoms with Crippen molar-refractivity contribution in [3.8, 4) is 11.5 Å². The number of hydrogen-bond acceptors (Lipinski definition) is 9. The van der Waals surface area contributed by atoms with Gasteiger partial charge in [-0.1, -0.05) is 29.3 Å². The Hall–Kier alpha value is -4.59. The highest BCUT2D eigenvalue weighted by Crippen LogP contribution is 2.38. The van der Waals surface area contributed by atoms with E-state index in [9.17, 15) is 18.8 Å². The van der Waals surface area contributed by atoms with Crippen LogP contribution >= 0.6 is 23.2 Å². The zero-order valence-corrected chi connectivity index (χ0v) is 27.7. The Kier molecular flexibility index (Phi) is 8.99. The van der Waals surface area contributed by atoms with E-state index >= 15 is 4.39 Å². The lowest BCUT2D eigenvalue weighted by molar-refractivity contribution is -0.136. The fourth-order valence-corrected chi connectivity index (χ4v) is 6.86. The Labute approximate surface area is 289 Å². The number of amides is 3. The van der Waals surface area contributed by atoms with Gasteiger partial charge in [0.1, 0.15) is 30.1 Å². The maximum absolute atomic E-state index is 15.8. The van der Waals surface area contributed by atoms with Crippen molar-refractivity contribution in [2.75, 3.05) is 25.5 Å². The monoisotopic (exact) mass is 710 g/mol. The number of benzene rings is 3. The average Bonchev–Trinajstić information content (AvgIpc) is 3.43. The Morgan fingerprint density at radius 1 is 1.00 bits per heavy atom. The molecule has 3 aromatic carbocycles. The second-order valence-corrected chi connectivity index (χ2v) is 12.9. The largest absolute Gasteiger partial charge is 0.493 e. The summed E-state index contributed by atoms with van der Waals surface area (Å²) in [5.41, 5.74) is 1.63. The van der Waals surface area contributed by atoms with Gasteiger partial charge in [-0.15, -0.1) is 0 Å². The number of imide groups is 1. The van der Waals surface area contributed by atoms with Crippen LogP contribution in [-0.2, 0) is 22.7 Å². The molecule has 3 aliphatic rings. The highest BCUT2D eigenvalue weighted by Gasteiger charge is 2.40. The van der Waals surface area contributed by atoms with E-state index in [1.54, 1.807) is 24.3 Å². The summed E-state index contributed by atoms with van der Waals surface area (Å²) in [4.78, 5) is 49.1. The van der Waals surface area contributed by atoms with Gasteiger partial charge >= 0.3 is 0 Å². The number of rotatable bonds is 8. The van der Waals surface area contributed by atoms with Gasteiger partial charge < -0.3 is 19.7 Å². The predicted molar refractivity (Wildman–Crippen MR) is 177 cm³/mol. The van der Waals surface area contributed by atoms with Crippen molar-refractivity contribution in [3.63, 3.8) is 0 Å². The summed E-state index contributed by atoms with van der Waals surface area (Å²) < 4.78 is 42.6. The second-order valence-electron chi connectivity index (χ2n) is 12.1. The lowest BCUT2D eigenvalue weighted by Gasteiger charge is -2.32. The van der Waals surface area contributed by atoms with Gasteiger partial charge in [0.15, 0.2) is 17.3 Å². The summed E-state index contributed by atoms with van der Waals surface area (Å²) in [6.07, 6.45) is 2.84. The van der Waals surface area contributed by atoms with Crippen molar-refractivity contribution in [1.82, 2.24) is 25.1 Å². The molecule has 0 bridgehead atoms. The maximum atomic E-state index is 15.8. The first-order valence-corrected chi connectivity index (χ1v) is 16.4. The minimum atomic E-state index is -0.804. The van der Waals surface area contributed by atoms with Crippen molar-refractivity contribution >= 4 is 63.3 Å². The van der Waals surface area contributed by atoms with Crippen LogP contribution in [0.15, 0.2) is 42.7 Å². The molecule has 1 unspecified atom stereocenters. The number of nitrogens with zero attached hydrogens (tertiary/aromatic N) is 4. The van der Waals surface area contributed by atoms with Crippen LogP contribution < -0.4 is 20.1 Å². The molecular weight excluding hydrogens is 681 g/mol. The topological polar surface area (TPSA) is 126 Å². The van der Waals surface area contributed by atoms with Gasteiger partial charge in [0.2, 0.25) is 11.8 Å². The molecule has 3 aliphatic heterocycles. The molecule has 0 saturated carbocycles. The summed E-state index contributed by atoms with van der Waals surface area (Å²) in [5, 5.41) is 5.70. The van der Waals surface area contributed by atoms with Gasteiger partial charge in [-0.25, -0.2) is 18.7 Å². The van der Waals surface area contributed by atoms with Crippen molar-refractivity contribution in [2.45, 2.75) is 50.9 Å². The quantitative estimate of drug-likeness (QED) is 0.173. The molecule has 254 valence electrons. The number of carbonyl (C=O) groups excluding carboxylic acids is 3. The molecule has 0 radical (unpaired) electrons. The summed E-state index contributed by atoms with van der Waals surface area (Å²) >= 11 is 11.9. The molecule has 1 aromatic heterocycles. The minimum Gasteiger partial charge on any atom is -0.493 e. The van der Waals surface area contributed by atoms with Crippen LogP contribution in [-0.4, -0.2) is 69.8 Å². The van der Waals surface area contributed by atoms with Gasteiger partial charge in [0.25, 0.3) is 5.91 Å². The van der Waals surface area contributed by atoms with Crippen LogP contribution in [0.3, 0.4) is 0 Å². The zero-order valence-electron chi connectivity index (χ0n) is 26.2. The van der Waals surface area contributed by atoms with E-state index in [4.69, 9.17) is 32.7 Å². The first-order valence-electron chi connectivity index (χ1n) is 15.7. The van der Waals surface area contributed by atoms with Crippen LogP contribution in [0.25, 0.3) is 10.9 Å². The van der Waals surface area contributed by atoms with E-state index in [0.717, 1.165) is 0 Å². The van der Waals surface area contributed by atoms with Crippen LogP contribution in [0.4, 0.5) is 20.3 Å². The molecule has 7 rings (SSSR count). The molecule has 2 saturated heterocycles. The van der Waals surface area contributed by atoms with Gasteiger partial charge in [-0.2, -0.15) is 0 Å². The molecule has 2 fully saturated rings. The summed E-state index contributed by atoms with van der Waals surface area (Å²) in [5.74, 6) is -1.20. The Balaban J connectivity index is 1.02. The fraction of sp³-hybridized carbons (Fsp3) is 0.324. The summed E-state index contributed by atoms with van der Waals surface area (Å²) in [6, 6.07) is 8.86. The molecule has 15 heteroatoms. The van der Waals surface area contributed by atoms with E-state index in [1.165, 1.54) is 30.5 Å². The third kappa shape index (κ3) is 6.33. The number of aromatic nitrogens is 2. The average molecular weight is 712 g/mol. The molecule has 49 heavy (non-hydrogen) atoms. The lowest BCUT2D eigenvalue weighted by Crippen LogP contribution is -2.52. The molecule has 4 heterocycles. The van der Waals surface area contributed by atoms with Crippen LogP contribution in [0.1, 0.15) is 47.2 Å². The smallest absolute Gasteiger partial charge is 0.255 e. The fourth-order valence-electron chi connectivity index (χ4n) is 6.55. The van der Waals surface area contributed by atoms with Gasteiger partial charge in [0.05, 0.1) is 34.9 Å². The molecule has 1 atom stereocenters. The van der Waals surface area contributed by atoms with Crippen LogP contribution in [0.5, 0.6) is 11.5 Å². The number of anilines is 2. The molecule has 3 amide bonds. The Bertz CT molecular complexity index is 2010. The normalized spacial score (nSPS) is 18.5. The molecule has 0 aliphatic carbocycles. The van der Waals surface area contributed by atoms with Gasteiger partial charge in [-0.05, 0) is 43.5 Å². The number of nitrogens with one attached hydrogen (secondary N) is 2. The number of methoxy groups -OCH3 is 1. The number of carbonyl (C=O) groups is 3. The molecule has 0 spiro atoms. The number of ether oxygens (including phenoxy) is 2. The van der Waals surface area contributed by atoms with E-state index in [0.29, 0.717) is 66.3 Å². The van der Waals surface area contributed by atoms with E-state index in [2.05, 4.69) is 25.5 Å². The number of likely N-dealkylation sites (tertiary alicyclic amines) is 1. The standard InChI is InChI=1S/C34H30Cl2F2N6O5/c1-48-26-13-24-20(32(40-16-39-24)41-23-5-4-22(35)29(36)31(23)38)12-27(26)49-18-8-10-43(11-9-18)14-17-2-3-19-21(30(17)37)15-44(34(19)47)25-6-7-28(45)42-33(25)46/h2-5,12-13,16,18,25H,6-11,14-15H2,1H3,(H,39,40,41)(H,42,45,46). The van der Waals surface area contributed by atoms with Crippen LogP contribution in [0.2, 0.25) is 10.0 Å². The van der Waals surface area contributed by atoms with Crippen molar-refractivity contribution in [3.05, 3.63) is 81.1 Å². The first-order chi connectivity index (χ1) is 23.6. The van der Waals surface area contributed by atoms with E-state index < -0.39 is 29.5 Å². The summed E-state index contributed by atoms with van der Waals surface area (Å²) in [6.45, 7) is 1.58. The Morgan fingerprint density at radius 3 is 2.55 bits per heavy atom. The SMILES string of the molecule is COc1cc2ncnc(Nc3ccc(Cl)c(Cl)c3F)c2cc1OC1CCN(Cc2ccc3c(c2F)CN(C2CCC(=O)NC2=O)C3=O)CC1. The second kappa shape index (κ2) is 13.4. The summed E-state index contributed by atoms with van der Waals surface area (Å²) in [7, 11) is 1.53. The van der Waals surface area contributed by atoms with Gasteiger partial charge in [-0.3, -0.25) is 24.6 Å². The van der Waals surface area contributed by atoms with E-state index in [-0.39, 0.29) is 58.3 Å². The first kappa shape index (κ1) is 32.9. The predicted octanol–water partition coefficient (Wildman–Crippen LogP) is 5.77. The van der Waals surface area contributed by atoms with Crippen molar-refractivity contribution in [1.29, 1.82) is 0 Å². The van der Waals surface area contributed by atoms with Crippen LogP contribution in [0, 0.1) is 11.6 Å².